The second kappa shape index (κ2) is 15.0. The summed E-state index contributed by atoms with van der Waals surface area (Å²) >= 11 is 6.09. The highest BCUT2D eigenvalue weighted by atomic mass is 35.5. The molecule has 0 aliphatic carbocycles. The largest absolute Gasteiger partial charge is 0.497 e. The zero-order chi connectivity index (χ0) is 31.7. The number of methoxy groups -OCH3 is 3. The fraction of sp³-hybridized carbons (Fsp3) is 0.355. The monoisotopic (exact) mass is 631 g/mol. The van der Waals surface area contributed by atoms with Crippen molar-refractivity contribution < 1.29 is 32.2 Å². The average Bonchev–Trinajstić information content (AvgIpc) is 3.01. The van der Waals surface area contributed by atoms with Gasteiger partial charge in [-0.3, -0.25) is 13.9 Å². The molecule has 232 valence electrons. The fourth-order valence-electron chi connectivity index (χ4n) is 4.20. The maximum Gasteiger partial charge on any atom is 0.264 e. The van der Waals surface area contributed by atoms with Crippen molar-refractivity contribution in [1.82, 2.24) is 10.2 Å². The van der Waals surface area contributed by atoms with Crippen LogP contribution in [0.25, 0.3) is 0 Å². The molecule has 0 spiro atoms. The molecule has 3 aromatic carbocycles. The van der Waals surface area contributed by atoms with Crippen LogP contribution in [0.4, 0.5) is 5.69 Å². The van der Waals surface area contributed by atoms with Crippen LogP contribution in [0.5, 0.6) is 17.2 Å². The lowest BCUT2D eigenvalue weighted by Gasteiger charge is -2.32. The molecule has 0 aliphatic rings. The van der Waals surface area contributed by atoms with E-state index < -0.39 is 28.5 Å². The summed E-state index contributed by atoms with van der Waals surface area (Å²) in [6.07, 6.45) is 0. The number of benzene rings is 3. The van der Waals surface area contributed by atoms with Gasteiger partial charge in [-0.1, -0.05) is 37.6 Å². The summed E-state index contributed by atoms with van der Waals surface area (Å²) in [7, 11) is 0.0848. The summed E-state index contributed by atoms with van der Waals surface area (Å²) in [6.45, 7) is 5.45. The van der Waals surface area contributed by atoms with E-state index in [2.05, 4.69) is 5.32 Å². The second-order valence-corrected chi connectivity index (χ2v) is 12.5. The molecule has 10 nitrogen and oxygen atoms in total. The quantitative estimate of drug-likeness (QED) is 0.273. The van der Waals surface area contributed by atoms with Crippen LogP contribution in [-0.2, 0) is 26.2 Å². The van der Waals surface area contributed by atoms with Crippen LogP contribution in [0.15, 0.2) is 71.6 Å². The van der Waals surface area contributed by atoms with Crippen LogP contribution in [0.1, 0.15) is 26.3 Å². The molecule has 0 radical (unpaired) electrons. The number of amides is 2. The van der Waals surface area contributed by atoms with Gasteiger partial charge in [0.2, 0.25) is 11.8 Å². The normalized spacial score (nSPS) is 11.9. The summed E-state index contributed by atoms with van der Waals surface area (Å²) in [5.41, 5.74) is 0.951. The Hall–Kier alpha value is -3.96. The third-order valence-corrected chi connectivity index (χ3v) is 8.72. The Morgan fingerprint density at radius 2 is 1.49 bits per heavy atom. The topological polar surface area (TPSA) is 114 Å². The minimum atomic E-state index is -4.31. The first-order valence-electron chi connectivity index (χ1n) is 13.6. The zero-order valence-electron chi connectivity index (χ0n) is 25.2. The third-order valence-electron chi connectivity index (χ3n) is 6.70. The molecule has 0 aliphatic heterocycles. The van der Waals surface area contributed by atoms with Crippen LogP contribution in [0.2, 0.25) is 5.02 Å². The van der Waals surface area contributed by atoms with Crippen molar-refractivity contribution in [3.05, 3.63) is 77.3 Å². The Kier molecular flexibility index (Phi) is 11.7. The van der Waals surface area contributed by atoms with Gasteiger partial charge < -0.3 is 24.4 Å². The van der Waals surface area contributed by atoms with Crippen LogP contribution in [0.3, 0.4) is 0 Å². The van der Waals surface area contributed by atoms with E-state index in [1.807, 2.05) is 13.8 Å². The van der Waals surface area contributed by atoms with Gasteiger partial charge in [-0.25, -0.2) is 8.42 Å². The molecular formula is C31H38ClN3O7S. The SMILES string of the molecule is COc1ccc(CN(C(=O)CN(c2ccc(Cl)cc2)S(=O)(=O)c2ccc(OC)c(OC)c2)[C@H](C)C(=O)NCC(C)C)cc1. The van der Waals surface area contributed by atoms with E-state index in [9.17, 15) is 18.0 Å². The van der Waals surface area contributed by atoms with Crippen molar-refractivity contribution in [3.63, 3.8) is 0 Å². The molecule has 0 saturated carbocycles. The van der Waals surface area contributed by atoms with E-state index >= 15 is 0 Å². The van der Waals surface area contributed by atoms with E-state index in [-0.39, 0.29) is 34.7 Å². The van der Waals surface area contributed by atoms with Gasteiger partial charge in [0.05, 0.1) is 31.9 Å². The molecule has 3 aromatic rings. The molecule has 1 N–H and O–H groups in total. The first kappa shape index (κ1) is 33.5. The minimum Gasteiger partial charge on any atom is -0.497 e. The standard InChI is InChI=1S/C31H38ClN3O7S/c1-21(2)18-33-31(37)22(3)34(19-23-7-13-26(40-4)14-8-23)30(36)20-35(25-11-9-24(32)10-12-25)43(38,39)27-15-16-28(41-5)29(17-27)42-6/h7-17,21-22H,18-20H2,1-6H3,(H,33,37)/t22-/m1/s1. The number of hydrogen-bond acceptors (Lipinski definition) is 7. The number of halogens is 1. The van der Waals surface area contributed by atoms with E-state index in [0.29, 0.717) is 23.1 Å². The number of nitrogens with one attached hydrogen (secondary N) is 1. The number of hydrogen-bond donors (Lipinski definition) is 1. The van der Waals surface area contributed by atoms with E-state index in [4.69, 9.17) is 25.8 Å². The molecule has 2 amide bonds. The maximum atomic E-state index is 14.1. The van der Waals surface area contributed by atoms with Crippen LogP contribution < -0.4 is 23.8 Å². The average molecular weight is 632 g/mol. The molecule has 0 unspecified atom stereocenters. The van der Waals surface area contributed by atoms with Gasteiger partial charge in [-0.2, -0.15) is 0 Å². The number of carbonyl (C=O) groups is 2. The highest BCUT2D eigenvalue weighted by molar-refractivity contribution is 7.92. The lowest BCUT2D eigenvalue weighted by molar-refractivity contribution is -0.139. The van der Waals surface area contributed by atoms with Crippen molar-refractivity contribution in [3.8, 4) is 17.2 Å². The number of carbonyl (C=O) groups excluding carboxylic acids is 2. The molecule has 0 saturated heterocycles. The van der Waals surface area contributed by atoms with E-state index in [1.54, 1.807) is 38.3 Å². The fourth-order valence-corrected chi connectivity index (χ4v) is 5.76. The van der Waals surface area contributed by atoms with Crippen molar-refractivity contribution in [2.45, 2.75) is 38.3 Å². The second-order valence-electron chi connectivity index (χ2n) is 10.2. The molecule has 3 rings (SSSR count). The van der Waals surface area contributed by atoms with Gasteiger partial charge in [-0.05, 0) is 66.9 Å². The smallest absolute Gasteiger partial charge is 0.264 e. The van der Waals surface area contributed by atoms with E-state index in [1.165, 1.54) is 61.6 Å². The Bertz CT molecular complexity index is 1500. The number of sulfonamides is 1. The summed E-state index contributed by atoms with van der Waals surface area (Å²) in [6, 6.07) is 16.5. The number of anilines is 1. The maximum absolute atomic E-state index is 14.1. The van der Waals surface area contributed by atoms with Crippen LogP contribution in [0, 0.1) is 5.92 Å². The summed E-state index contributed by atoms with van der Waals surface area (Å²) in [5, 5.41) is 3.27. The van der Waals surface area contributed by atoms with Gasteiger partial charge in [-0.15, -0.1) is 0 Å². The molecule has 1 atom stereocenters. The first-order valence-corrected chi connectivity index (χ1v) is 15.4. The van der Waals surface area contributed by atoms with Gasteiger partial charge in [0.1, 0.15) is 18.3 Å². The minimum absolute atomic E-state index is 0.0595. The van der Waals surface area contributed by atoms with Crippen LogP contribution in [-0.4, -0.2) is 65.6 Å². The number of ether oxygens (including phenoxy) is 3. The molecule has 0 bridgehead atoms. The summed E-state index contributed by atoms with van der Waals surface area (Å²) < 4.78 is 45.0. The lowest BCUT2D eigenvalue weighted by atomic mass is 10.1. The van der Waals surface area contributed by atoms with Gasteiger partial charge in [0, 0.05) is 24.2 Å². The lowest BCUT2D eigenvalue weighted by Crippen LogP contribution is -2.51. The highest BCUT2D eigenvalue weighted by Gasteiger charge is 2.33. The molecule has 43 heavy (non-hydrogen) atoms. The van der Waals surface area contributed by atoms with Crippen molar-refractivity contribution >= 4 is 39.1 Å². The Morgan fingerprint density at radius 3 is 2.05 bits per heavy atom. The molecule has 0 aromatic heterocycles. The number of nitrogens with zero attached hydrogens (tertiary/aromatic N) is 2. The van der Waals surface area contributed by atoms with Gasteiger partial charge >= 0.3 is 0 Å². The Morgan fingerprint density at radius 1 is 0.860 bits per heavy atom. The third kappa shape index (κ3) is 8.55. The first-order chi connectivity index (χ1) is 20.4. The van der Waals surface area contributed by atoms with Crippen molar-refractivity contribution in [2.24, 2.45) is 5.92 Å². The van der Waals surface area contributed by atoms with Gasteiger partial charge in [0.15, 0.2) is 11.5 Å². The van der Waals surface area contributed by atoms with Gasteiger partial charge in [0.25, 0.3) is 10.0 Å². The molecule has 0 heterocycles. The predicted molar refractivity (Wildman–Crippen MR) is 166 cm³/mol. The predicted octanol–water partition coefficient (Wildman–Crippen LogP) is 4.75. The summed E-state index contributed by atoms with van der Waals surface area (Å²) in [5.74, 6) is 0.469. The van der Waals surface area contributed by atoms with Crippen LogP contribution >= 0.6 is 11.6 Å². The highest BCUT2D eigenvalue weighted by Crippen LogP contribution is 2.32. The Labute approximate surface area is 258 Å². The molecular weight excluding hydrogens is 594 g/mol. The molecule has 0 fully saturated rings. The van der Waals surface area contributed by atoms with E-state index in [0.717, 1.165) is 9.87 Å². The van der Waals surface area contributed by atoms with Crippen molar-refractivity contribution in [2.75, 3.05) is 38.7 Å². The van der Waals surface area contributed by atoms with Crippen molar-refractivity contribution in [1.29, 1.82) is 0 Å². The summed E-state index contributed by atoms with van der Waals surface area (Å²) in [4.78, 5) is 28.4. The Balaban J connectivity index is 2.04. The number of rotatable bonds is 14. The zero-order valence-corrected chi connectivity index (χ0v) is 26.7. The molecule has 12 heteroatoms.